The van der Waals surface area contributed by atoms with Crippen LogP contribution in [0.1, 0.15) is 64.7 Å². The fourth-order valence-corrected chi connectivity index (χ4v) is 3.31. The Morgan fingerprint density at radius 1 is 1.25 bits per heavy atom. The van der Waals surface area contributed by atoms with Crippen molar-refractivity contribution in [1.29, 1.82) is 0 Å². The van der Waals surface area contributed by atoms with Gasteiger partial charge in [0.1, 0.15) is 5.54 Å². The van der Waals surface area contributed by atoms with Crippen LogP contribution in [0.5, 0.6) is 0 Å². The number of nitrogens with one attached hydrogen (secondary N) is 1. The van der Waals surface area contributed by atoms with Crippen LogP contribution >= 0.6 is 0 Å². The molecule has 4 heteroatoms. The van der Waals surface area contributed by atoms with E-state index in [2.05, 4.69) is 17.3 Å². The van der Waals surface area contributed by atoms with Crippen molar-refractivity contribution in [2.24, 2.45) is 0 Å². The van der Waals surface area contributed by atoms with Crippen LogP contribution in [0.25, 0.3) is 0 Å². The molecule has 0 bridgehead atoms. The van der Waals surface area contributed by atoms with Gasteiger partial charge in [0.05, 0.1) is 0 Å². The van der Waals surface area contributed by atoms with Gasteiger partial charge < -0.3 is 10.0 Å². The van der Waals surface area contributed by atoms with Crippen molar-refractivity contribution in [2.75, 3.05) is 13.6 Å². The summed E-state index contributed by atoms with van der Waals surface area (Å²) >= 11 is 0. The lowest BCUT2D eigenvalue weighted by Crippen LogP contribution is -2.51. The van der Waals surface area contributed by atoms with Crippen molar-refractivity contribution in [3.63, 3.8) is 0 Å². The molecule has 0 spiro atoms. The quantitative estimate of drug-likeness (QED) is 0.718. The third kappa shape index (κ3) is 4.45. The molecule has 116 valence electrons. The largest absolute Gasteiger partial charge is 0.480 e. The summed E-state index contributed by atoms with van der Waals surface area (Å²) < 4.78 is 0. The van der Waals surface area contributed by atoms with E-state index in [9.17, 15) is 9.90 Å². The molecule has 0 heterocycles. The summed E-state index contributed by atoms with van der Waals surface area (Å²) in [5.41, 5.74) is -0.741. The molecule has 1 atom stereocenters. The number of aliphatic carboxylic acids is 1. The fraction of sp³-hybridized carbons (Fsp3) is 0.938. The maximum Gasteiger partial charge on any atom is 0.323 e. The predicted octanol–water partition coefficient (Wildman–Crippen LogP) is 2.63. The molecule has 0 aliphatic heterocycles. The van der Waals surface area contributed by atoms with Crippen LogP contribution in [-0.2, 0) is 4.79 Å². The van der Waals surface area contributed by atoms with Gasteiger partial charge >= 0.3 is 5.97 Å². The van der Waals surface area contributed by atoms with Crippen molar-refractivity contribution in [3.8, 4) is 0 Å². The van der Waals surface area contributed by atoms with E-state index in [1.165, 1.54) is 32.1 Å². The zero-order valence-electron chi connectivity index (χ0n) is 13.0. The van der Waals surface area contributed by atoms with Gasteiger partial charge in [-0.15, -0.1) is 0 Å². The average molecular weight is 282 g/mol. The Balaban J connectivity index is 1.73. The zero-order chi connectivity index (χ0) is 14.6. The molecule has 2 aliphatic rings. The van der Waals surface area contributed by atoms with E-state index in [0.29, 0.717) is 6.04 Å². The second-order valence-electron chi connectivity index (χ2n) is 6.93. The first kappa shape index (κ1) is 15.8. The first-order chi connectivity index (χ1) is 9.51. The molecule has 1 unspecified atom stereocenters. The second-order valence-corrected chi connectivity index (χ2v) is 6.93. The lowest BCUT2D eigenvalue weighted by Gasteiger charge is -2.32. The third-order valence-corrected chi connectivity index (χ3v) is 4.96. The molecule has 2 saturated carbocycles. The van der Waals surface area contributed by atoms with Crippen LogP contribution in [0.4, 0.5) is 0 Å². The third-order valence-electron chi connectivity index (χ3n) is 4.96. The molecule has 0 aromatic heterocycles. The monoisotopic (exact) mass is 282 g/mol. The second kappa shape index (κ2) is 6.90. The highest BCUT2D eigenvalue weighted by Gasteiger charge is 2.38. The highest BCUT2D eigenvalue weighted by molar-refractivity contribution is 5.78. The summed E-state index contributed by atoms with van der Waals surface area (Å²) in [6.45, 7) is 2.86. The van der Waals surface area contributed by atoms with Crippen LogP contribution < -0.4 is 5.32 Å². The first-order valence-corrected chi connectivity index (χ1v) is 8.22. The van der Waals surface area contributed by atoms with Crippen molar-refractivity contribution in [1.82, 2.24) is 10.2 Å². The summed E-state index contributed by atoms with van der Waals surface area (Å²) in [7, 11) is 2.20. The number of nitrogens with zero attached hydrogens (tertiary/aromatic N) is 1. The molecule has 0 saturated heterocycles. The van der Waals surface area contributed by atoms with E-state index >= 15 is 0 Å². The predicted molar refractivity (Wildman–Crippen MR) is 80.9 cm³/mol. The first-order valence-electron chi connectivity index (χ1n) is 8.22. The summed E-state index contributed by atoms with van der Waals surface area (Å²) in [6, 6.07) is 1.16. The van der Waals surface area contributed by atoms with Gasteiger partial charge in [-0.05, 0) is 59.0 Å². The topological polar surface area (TPSA) is 52.6 Å². The van der Waals surface area contributed by atoms with Gasteiger partial charge in [0.15, 0.2) is 0 Å². The maximum absolute atomic E-state index is 11.5. The summed E-state index contributed by atoms with van der Waals surface area (Å²) in [6.07, 6.45) is 10.6. The van der Waals surface area contributed by atoms with Crippen LogP contribution in [0.15, 0.2) is 0 Å². The summed E-state index contributed by atoms with van der Waals surface area (Å²) in [5.74, 6) is -0.704. The highest BCUT2D eigenvalue weighted by Crippen LogP contribution is 2.26. The zero-order valence-corrected chi connectivity index (χ0v) is 13.0. The number of hydrogen-bond donors (Lipinski definition) is 2. The minimum atomic E-state index is -0.741. The van der Waals surface area contributed by atoms with Gasteiger partial charge in [-0.3, -0.25) is 10.1 Å². The highest BCUT2D eigenvalue weighted by atomic mass is 16.4. The van der Waals surface area contributed by atoms with Crippen LogP contribution in [0.2, 0.25) is 0 Å². The molecule has 0 radical (unpaired) electrons. The average Bonchev–Trinajstić information content (AvgIpc) is 3.23. The molecule has 0 aromatic rings. The van der Waals surface area contributed by atoms with Gasteiger partial charge in [-0.25, -0.2) is 0 Å². The van der Waals surface area contributed by atoms with Crippen molar-refractivity contribution in [2.45, 2.75) is 82.3 Å². The molecule has 2 aliphatic carbocycles. The van der Waals surface area contributed by atoms with Crippen LogP contribution in [0.3, 0.4) is 0 Å². The lowest BCUT2D eigenvalue weighted by atomic mass is 9.93. The summed E-state index contributed by atoms with van der Waals surface area (Å²) in [4.78, 5) is 13.9. The fourth-order valence-electron chi connectivity index (χ4n) is 3.31. The van der Waals surface area contributed by atoms with Gasteiger partial charge in [-0.1, -0.05) is 19.3 Å². The van der Waals surface area contributed by atoms with E-state index in [0.717, 1.165) is 38.3 Å². The maximum atomic E-state index is 11.5. The number of carboxylic acid groups (broad SMARTS) is 1. The van der Waals surface area contributed by atoms with Crippen molar-refractivity contribution < 1.29 is 9.90 Å². The Morgan fingerprint density at radius 2 is 1.90 bits per heavy atom. The van der Waals surface area contributed by atoms with Crippen LogP contribution in [0, 0.1) is 0 Å². The standard InChI is InChI=1S/C16H30N2O2/c1-16(15(19)20,17-13-9-10-13)11-6-12-18(2)14-7-4-3-5-8-14/h13-14,17H,3-12H2,1-2H3,(H,19,20). The molecule has 0 aromatic carbocycles. The van der Waals surface area contributed by atoms with E-state index < -0.39 is 11.5 Å². The molecule has 2 fully saturated rings. The number of carboxylic acids is 1. The van der Waals surface area contributed by atoms with Gasteiger partial charge in [0.2, 0.25) is 0 Å². The van der Waals surface area contributed by atoms with Gasteiger partial charge in [0.25, 0.3) is 0 Å². The minimum Gasteiger partial charge on any atom is -0.480 e. The molecule has 4 nitrogen and oxygen atoms in total. The molecule has 20 heavy (non-hydrogen) atoms. The SMILES string of the molecule is CN(CCCC(C)(NC1CC1)C(=O)O)C1CCCCC1. The number of hydrogen-bond acceptors (Lipinski definition) is 3. The smallest absolute Gasteiger partial charge is 0.323 e. The van der Waals surface area contributed by atoms with Gasteiger partial charge in [-0.2, -0.15) is 0 Å². The molecular formula is C16H30N2O2. The molecule has 2 rings (SSSR count). The Hall–Kier alpha value is -0.610. The van der Waals surface area contributed by atoms with E-state index in [-0.39, 0.29) is 0 Å². The Labute approximate surface area is 122 Å². The Bertz CT molecular complexity index is 324. The lowest BCUT2D eigenvalue weighted by molar-refractivity contribution is -0.144. The molecular weight excluding hydrogens is 252 g/mol. The van der Waals surface area contributed by atoms with E-state index in [1.54, 1.807) is 0 Å². The Kier molecular flexibility index (Phi) is 5.44. The molecule has 2 N–H and O–H groups in total. The van der Waals surface area contributed by atoms with Crippen molar-refractivity contribution in [3.05, 3.63) is 0 Å². The summed E-state index contributed by atoms with van der Waals surface area (Å²) in [5, 5.41) is 12.7. The number of rotatable bonds is 8. The van der Waals surface area contributed by atoms with Crippen molar-refractivity contribution >= 4 is 5.97 Å². The molecule has 0 amide bonds. The number of carbonyl (C=O) groups is 1. The van der Waals surface area contributed by atoms with E-state index in [1.807, 2.05) is 6.92 Å². The Morgan fingerprint density at radius 3 is 2.45 bits per heavy atom. The van der Waals surface area contributed by atoms with Crippen LogP contribution in [-0.4, -0.2) is 47.2 Å². The normalized spacial score (nSPS) is 23.8. The van der Waals surface area contributed by atoms with Gasteiger partial charge in [0, 0.05) is 12.1 Å². The van der Waals surface area contributed by atoms with E-state index in [4.69, 9.17) is 0 Å². The minimum absolute atomic E-state index is 0.437.